The number of halogens is 1. The minimum atomic E-state index is -1.27. The number of anilines is 3. The third-order valence-corrected chi connectivity index (χ3v) is 7.11. The summed E-state index contributed by atoms with van der Waals surface area (Å²) in [5.41, 5.74) is 2.51. The van der Waals surface area contributed by atoms with Crippen molar-refractivity contribution in [3.8, 4) is 0 Å². The molecule has 0 unspecified atom stereocenters. The van der Waals surface area contributed by atoms with Gasteiger partial charge in [0.2, 0.25) is 16.7 Å². The molecule has 0 bridgehead atoms. The van der Waals surface area contributed by atoms with Crippen molar-refractivity contribution in [3.05, 3.63) is 89.4 Å². The number of hydrogen-bond acceptors (Lipinski definition) is 4. The van der Waals surface area contributed by atoms with E-state index in [1.165, 1.54) is 21.6 Å². The van der Waals surface area contributed by atoms with Crippen molar-refractivity contribution < 1.29 is 14.4 Å². The van der Waals surface area contributed by atoms with Gasteiger partial charge in [-0.1, -0.05) is 54.1 Å². The van der Waals surface area contributed by atoms with Gasteiger partial charge in [-0.2, -0.15) is 0 Å². The lowest BCUT2D eigenvalue weighted by Crippen LogP contribution is -2.50. The second kappa shape index (κ2) is 8.00. The van der Waals surface area contributed by atoms with Crippen molar-refractivity contribution in [1.29, 1.82) is 0 Å². The first kappa shape index (κ1) is 20.6. The Morgan fingerprint density at radius 1 is 1.00 bits per heavy atom. The van der Waals surface area contributed by atoms with E-state index in [1.54, 1.807) is 42.5 Å². The van der Waals surface area contributed by atoms with E-state index in [0.29, 0.717) is 27.6 Å². The predicted molar refractivity (Wildman–Crippen MR) is 127 cm³/mol. The van der Waals surface area contributed by atoms with Gasteiger partial charge < -0.3 is 5.32 Å². The molecule has 0 aromatic heterocycles. The molecule has 2 aliphatic heterocycles. The molecule has 2 aliphatic rings. The predicted octanol–water partition coefficient (Wildman–Crippen LogP) is 4.26. The Bertz CT molecular complexity index is 1240. The molecule has 2 heterocycles. The van der Waals surface area contributed by atoms with E-state index >= 15 is 0 Å². The zero-order valence-electron chi connectivity index (χ0n) is 16.8. The molecule has 3 amide bonds. The van der Waals surface area contributed by atoms with Gasteiger partial charge in [-0.25, -0.2) is 0 Å². The first-order valence-electron chi connectivity index (χ1n) is 9.99. The number of nitrogens with zero attached hydrogens (tertiary/aromatic N) is 2. The Hall–Kier alpha value is -3.29. The highest BCUT2D eigenvalue weighted by Gasteiger charge is 2.61. The molecule has 6 nitrogen and oxygen atoms in total. The van der Waals surface area contributed by atoms with Crippen LogP contribution in [0.1, 0.15) is 5.56 Å². The van der Waals surface area contributed by atoms with Gasteiger partial charge in [-0.15, -0.1) is 11.8 Å². The van der Waals surface area contributed by atoms with E-state index in [1.807, 2.05) is 36.4 Å². The van der Waals surface area contributed by atoms with E-state index < -0.39 is 4.87 Å². The molecule has 3 aromatic rings. The third kappa shape index (κ3) is 3.25. The average molecular weight is 464 g/mol. The monoisotopic (exact) mass is 463 g/mol. The lowest BCUT2D eigenvalue weighted by atomic mass is 10.0. The molecule has 1 atom stereocenters. The standard InChI is InChI=1S/C24H18ClN3O3S/c25-16-7-6-10-18(13-16)28-22(30)15-32-24(28)19-11-4-5-12-20(19)27(23(24)31)14-21(29)26-17-8-2-1-3-9-17/h1-13H,14-15H2,(H,26,29)/t24-/m0/s1. The molecule has 0 radical (unpaired) electrons. The van der Waals surface area contributed by atoms with Crippen LogP contribution < -0.4 is 15.1 Å². The molecule has 1 fully saturated rings. The summed E-state index contributed by atoms with van der Waals surface area (Å²) in [6.07, 6.45) is 0. The van der Waals surface area contributed by atoms with Crippen molar-refractivity contribution in [1.82, 2.24) is 0 Å². The van der Waals surface area contributed by atoms with Crippen LogP contribution in [-0.4, -0.2) is 30.0 Å². The summed E-state index contributed by atoms with van der Waals surface area (Å²) >= 11 is 7.45. The van der Waals surface area contributed by atoms with Crippen molar-refractivity contribution in [3.63, 3.8) is 0 Å². The lowest BCUT2D eigenvalue weighted by Gasteiger charge is -2.33. The van der Waals surface area contributed by atoms with Gasteiger partial charge in [0.1, 0.15) is 6.54 Å². The largest absolute Gasteiger partial charge is 0.325 e. The molecule has 1 N–H and O–H groups in total. The van der Waals surface area contributed by atoms with Crippen LogP contribution in [0.4, 0.5) is 17.1 Å². The molecule has 0 saturated carbocycles. The van der Waals surface area contributed by atoms with Crippen molar-refractivity contribution in [2.24, 2.45) is 0 Å². The van der Waals surface area contributed by atoms with Crippen molar-refractivity contribution in [2.75, 3.05) is 27.4 Å². The van der Waals surface area contributed by atoms with Crippen LogP contribution in [0, 0.1) is 0 Å². The summed E-state index contributed by atoms with van der Waals surface area (Å²) < 4.78 is 0. The van der Waals surface area contributed by atoms with Gasteiger partial charge in [-0.05, 0) is 36.4 Å². The van der Waals surface area contributed by atoms with Gasteiger partial charge >= 0.3 is 0 Å². The first-order valence-corrected chi connectivity index (χ1v) is 11.4. The van der Waals surface area contributed by atoms with Crippen LogP contribution in [0.5, 0.6) is 0 Å². The highest BCUT2D eigenvalue weighted by Crippen LogP contribution is 2.55. The van der Waals surface area contributed by atoms with Crippen LogP contribution in [0.2, 0.25) is 5.02 Å². The van der Waals surface area contributed by atoms with Gasteiger partial charge in [0.05, 0.1) is 11.4 Å². The molecule has 1 saturated heterocycles. The molecule has 32 heavy (non-hydrogen) atoms. The highest BCUT2D eigenvalue weighted by molar-refractivity contribution is 8.02. The van der Waals surface area contributed by atoms with Crippen molar-refractivity contribution >= 4 is 58.1 Å². The summed E-state index contributed by atoms with van der Waals surface area (Å²) in [5.74, 6) is -0.676. The molecule has 3 aromatic carbocycles. The number of rotatable bonds is 4. The summed E-state index contributed by atoms with van der Waals surface area (Å²) in [4.78, 5) is 41.3. The topological polar surface area (TPSA) is 69.7 Å². The lowest BCUT2D eigenvalue weighted by molar-refractivity contribution is -0.124. The summed E-state index contributed by atoms with van der Waals surface area (Å²) in [7, 11) is 0. The minimum Gasteiger partial charge on any atom is -0.325 e. The molecule has 1 spiro atoms. The number of para-hydroxylation sites is 2. The van der Waals surface area contributed by atoms with Gasteiger partial charge in [0.25, 0.3) is 5.91 Å². The van der Waals surface area contributed by atoms with E-state index in [9.17, 15) is 14.4 Å². The van der Waals surface area contributed by atoms with Gasteiger partial charge in [0.15, 0.2) is 0 Å². The number of amides is 3. The Labute approximate surface area is 194 Å². The number of benzene rings is 3. The maximum atomic E-state index is 13.9. The van der Waals surface area contributed by atoms with E-state index in [4.69, 9.17) is 11.6 Å². The van der Waals surface area contributed by atoms with Crippen molar-refractivity contribution in [2.45, 2.75) is 4.87 Å². The number of carbonyl (C=O) groups excluding carboxylic acids is 3. The Kier molecular flexibility index (Phi) is 5.15. The molecule has 5 rings (SSSR count). The van der Waals surface area contributed by atoms with Crippen LogP contribution in [-0.2, 0) is 19.3 Å². The summed E-state index contributed by atoms with van der Waals surface area (Å²) in [6.45, 7) is -0.162. The smallest absolute Gasteiger partial charge is 0.269 e. The molecular formula is C24H18ClN3O3S. The van der Waals surface area contributed by atoms with Gasteiger partial charge in [-0.3, -0.25) is 24.2 Å². The fourth-order valence-corrected chi connectivity index (χ4v) is 5.74. The zero-order chi connectivity index (χ0) is 22.3. The van der Waals surface area contributed by atoms with Crippen LogP contribution in [0.3, 0.4) is 0 Å². The van der Waals surface area contributed by atoms with E-state index in [0.717, 1.165) is 0 Å². The minimum absolute atomic E-state index is 0.149. The molecule has 0 aliphatic carbocycles. The average Bonchev–Trinajstić information content (AvgIpc) is 3.25. The van der Waals surface area contributed by atoms with E-state index in [2.05, 4.69) is 5.32 Å². The first-order chi connectivity index (χ1) is 15.5. The van der Waals surface area contributed by atoms with E-state index in [-0.39, 0.29) is 30.0 Å². The third-order valence-electron chi connectivity index (χ3n) is 5.49. The molecular weight excluding hydrogens is 446 g/mol. The second-order valence-electron chi connectivity index (χ2n) is 7.46. The summed E-state index contributed by atoms with van der Waals surface area (Å²) in [6, 6.07) is 23.3. The number of nitrogens with one attached hydrogen (secondary N) is 1. The SMILES string of the molecule is O=C(CN1C(=O)[C@@]2(SCC(=O)N2c2cccc(Cl)c2)c2ccccc21)Nc1ccccc1. The second-order valence-corrected chi connectivity index (χ2v) is 9.07. The quantitative estimate of drug-likeness (QED) is 0.627. The number of fused-ring (bicyclic) bond motifs is 2. The number of thioether (sulfide) groups is 1. The van der Waals surface area contributed by atoms with Gasteiger partial charge in [0, 0.05) is 22.0 Å². The maximum Gasteiger partial charge on any atom is 0.269 e. The Morgan fingerprint density at radius 2 is 1.75 bits per heavy atom. The Morgan fingerprint density at radius 3 is 2.53 bits per heavy atom. The highest BCUT2D eigenvalue weighted by atomic mass is 35.5. The van der Waals surface area contributed by atoms with Crippen LogP contribution >= 0.6 is 23.4 Å². The zero-order valence-corrected chi connectivity index (χ0v) is 18.4. The molecule has 160 valence electrons. The fraction of sp³-hybridized carbons (Fsp3) is 0.125. The fourth-order valence-electron chi connectivity index (χ4n) is 4.19. The maximum absolute atomic E-state index is 13.9. The summed E-state index contributed by atoms with van der Waals surface area (Å²) in [5, 5.41) is 3.29. The number of hydrogen-bond donors (Lipinski definition) is 1. The van der Waals surface area contributed by atoms with Crippen LogP contribution in [0.15, 0.2) is 78.9 Å². The van der Waals surface area contributed by atoms with Crippen LogP contribution in [0.25, 0.3) is 0 Å². The number of carbonyl (C=O) groups is 3. The molecule has 8 heteroatoms. The normalized spacial score (nSPS) is 19.5. The Balaban J connectivity index is 1.54.